The van der Waals surface area contributed by atoms with Gasteiger partial charge in [-0.05, 0) is 25.5 Å². The lowest BCUT2D eigenvalue weighted by Gasteiger charge is -2.26. The van der Waals surface area contributed by atoms with Crippen molar-refractivity contribution in [2.45, 2.75) is 19.9 Å². The van der Waals surface area contributed by atoms with Crippen molar-refractivity contribution in [3.05, 3.63) is 36.0 Å². The predicted molar refractivity (Wildman–Crippen MR) is 84.5 cm³/mol. The molecule has 0 spiro atoms. The average molecular weight is 301 g/mol. The van der Waals surface area contributed by atoms with E-state index in [1.165, 1.54) is 14.2 Å². The Bertz CT molecular complexity index is 621. The number of ether oxygens (including phenoxy) is 2. The van der Waals surface area contributed by atoms with E-state index in [1.54, 1.807) is 32.1 Å². The maximum absolute atomic E-state index is 12.1. The van der Waals surface area contributed by atoms with Crippen LogP contribution < -0.4 is 0 Å². The molecule has 0 aromatic rings. The Labute approximate surface area is 130 Å². The summed E-state index contributed by atoms with van der Waals surface area (Å²) in [7, 11) is 2.78. The summed E-state index contributed by atoms with van der Waals surface area (Å²) in [5.74, 6) is -1.08. The fraction of sp³-hybridized carbons (Fsp3) is 0.375. The van der Waals surface area contributed by atoms with Gasteiger partial charge in [0.1, 0.15) is 5.92 Å². The molecule has 22 heavy (non-hydrogen) atoms. The molecule has 0 aliphatic carbocycles. The smallest absolute Gasteiger partial charge is 0.316 e. The lowest BCUT2D eigenvalue weighted by atomic mass is 9.88. The number of esters is 1. The fourth-order valence-electron chi connectivity index (χ4n) is 2.01. The Kier molecular flexibility index (Phi) is 6.26. The molecular formula is C16H19N3O3. The molecule has 1 aliphatic heterocycles. The number of allylic oxidation sites excluding steroid dienone is 3. The predicted octanol–water partition coefficient (Wildman–Crippen LogP) is 2.20. The highest BCUT2D eigenvalue weighted by Gasteiger charge is 2.36. The molecule has 0 aromatic heterocycles. The third-order valence-electron chi connectivity index (χ3n) is 3.20. The summed E-state index contributed by atoms with van der Waals surface area (Å²) in [6.07, 6.45) is 4.95. The van der Waals surface area contributed by atoms with Gasteiger partial charge in [0.15, 0.2) is 0 Å². The Balaban J connectivity index is 3.33. The number of hydrogen-bond donors (Lipinski definition) is 0. The van der Waals surface area contributed by atoms with Crippen LogP contribution in [0, 0.1) is 17.2 Å². The highest BCUT2D eigenvalue weighted by atomic mass is 16.5. The van der Waals surface area contributed by atoms with Crippen LogP contribution in [0.1, 0.15) is 13.8 Å². The minimum Gasteiger partial charge on any atom is -0.468 e. The van der Waals surface area contributed by atoms with E-state index in [4.69, 9.17) is 14.7 Å². The second-order valence-corrected chi connectivity index (χ2v) is 4.65. The van der Waals surface area contributed by atoms with E-state index in [1.807, 2.05) is 6.07 Å². The van der Waals surface area contributed by atoms with Crippen LogP contribution in [0.5, 0.6) is 0 Å². The number of nitriles is 1. The van der Waals surface area contributed by atoms with Crippen molar-refractivity contribution in [3.63, 3.8) is 0 Å². The maximum atomic E-state index is 12.1. The van der Waals surface area contributed by atoms with Crippen LogP contribution in [-0.4, -0.2) is 38.0 Å². The number of carbonyl (C=O) groups excluding carboxylic acids is 1. The molecule has 0 bridgehead atoms. The number of hydrogen-bond acceptors (Lipinski definition) is 6. The SMILES string of the molecule is C=CC(=CC=C(C)C#N)C1N=C(OC)N=C(C)C1C(=O)OC. The standard InChI is InChI=1S/C16H19N3O3/c1-6-12(8-7-10(2)9-17)14-13(15(20)21-4)11(3)18-16(19-14)22-5/h6-8,13-14H,1H2,2-5H3. The molecule has 0 saturated heterocycles. The van der Waals surface area contributed by atoms with Gasteiger partial charge >= 0.3 is 12.0 Å². The summed E-state index contributed by atoms with van der Waals surface area (Å²) in [5.41, 5.74) is 1.76. The monoisotopic (exact) mass is 301 g/mol. The fourth-order valence-corrected chi connectivity index (χ4v) is 2.01. The number of methoxy groups -OCH3 is 2. The highest BCUT2D eigenvalue weighted by molar-refractivity contribution is 6.08. The molecule has 2 unspecified atom stereocenters. The average Bonchev–Trinajstić information content (AvgIpc) is 2.53. The second-order valence-electron chi connectivity index (χ2n) is 4.65. The van der Waals surface area contributed by atoms with Crippen molar-refractivity contribution in [2.24, 2.45) is 15.9 Å². The van der Waals surface area contributed by atoms with Crippen LogP contribution in [0.3, 0.4) is 0 Å². The molecule has 1 heterocycles. The molecule has 0 aromatic carbocycles. The van der Waals surface area contributed by atoms with Crippen LogP contribution in [-0.2, 0) is 14.3 Å². The largest absolute Gasteiger partial charge is 0.468 e. The Morgan fingerprint density at radius 3 is 2.59 bits per heavy atom. The Morgan fingerprint density at radius 1 is 1.41 bits per heavy atom. The van der Waals surface area contributed by atoms with E-state index < -0.39 is 17.9 Å². The normalized spacial score (nSPS) is 22.1. The van der Waals surface area contributed by atoms with Crippen molar-refractivity contribution >= 4 is 17.7 Å². The van der Waals surface area contributed by atoms with E-state index in [2.05, 4.69) is 16.6 Å². The molecule has 1 rings (SSSR count). The number of aliphatic imine (C=N–C) groups is 2. The second kappa shape index (κ2) is 7.93. The number of carbonyl (C=O) groups is 1. The molecule has 0 amide bonds. The summed E-state index contributed by atoms with van der Waals surface area (Å²) in [6.45, 7) is 7.16. The van der Waals surface area contributed by atoms with Crippen LogP contribution in [0.4, 0.5) is 0 Å². The van der Waals surface area contributed by atoms with Crippen molar-refractivity contribution in [1.82, 2.24) is 0 Å². The summed E-state index contributed by atoms with van der Waals surface area (Å²) in [5, 5.41) is 8.82. The molecule has 2 atom stereocenters. The summed E-state index contributed by atoms with van der Waals surface area (Å²) in [4.78, 5) is 20.5. The molecule has 1 aliphatic rings. The van der Waals surface area contributed by atoms with Gasteiger partial charge in [0, 0.05) is 11.3 Å². The van der Waals surface area contributed by atoms with E-state index in [0.29, 0.717) is 16.9 Å². The zero-order valence-corrected chi connectivity index (χ0v) is 13.2. The van der Waals surface area contributed by atoms with Crippen LogP contribution in [0.2, 0.25) is 0 Å². The Morgan fingerprint density at radius 2 is 2.09 bits per heavy atom. The first kappa shape index (κ1) is 17.4. The van der Waals surface area contributed by atoms with Crippen LogP contribution in [0.15, 0.2) is 45.9 Å². The lowest BCUT2D eigenvalue weighted by Crippen LogP contribution is -2.38. The molecule has 0 fully saturated rings. The van der Waals surface area contributed by atoms with Crippen LogP contribution >= 0.6 is 0 Å². The van der Waals surface area contributed by atoms with Crippen LogP contribution in [0.25, 0.3) is 0 Å². The first-order valence-corrected chi connectivity index (χ1v) is 6.64. The van der Waals surface area contributed by atoms with Crippen molar-refractivity contribution in [1.29, 1.82) is 5.26 Å². The molecule has 6 heteroatoms. The van der Waals surface area contributed by atoms with Gasteiger partial charge in [-0.15, -0.1) is 0 Å². The van der Waals surface area contributed by atoms with Gasteiger partial charge < -0.3 is 9.47 Å². The van der Waals surface area contributed by atoms with Gasteiger partial charge in [-0.25, -0.2) is 9.98 Å². The van der Waals surface area contributed by atoms with E-state index >= 15 is 0 Å². The van der Waals surface area contributed by atoms with Crippen molar-refractivity contribution < 1.29 is 14.3 Å². The lowest BCUT2D eigenvalue weighted by molar-refractivity contribution is -0.143. The number of nitrogens with zero attached hydrogens (tertiary/aromatic N) is 3. The first-order chi connectivity index (χ1) is 10.5. The molecule has 6 nitrogen and oxygen atoms in total. The third kappa shape index (κ3) is 3.92. The molecule has 0 saturated carbocycles. The maximum Gasteiger partial charge on any atom is 0.316 e. The first-order valence-electron chi connectivity index (χ1n) is 6.64. The zero-order chi connectivity index (χ0) is 16.7. The molecule has 0 radical (unpaired) electrons. The number of amidine groups is 1. The molecule has 0 N–H and O–H groups in total. The van der Waals surface area contributed by atoms with Gasteiger partial charge in [0.05, 0.1) is 26.3 Å². The van der Waals surface area contributed by atoms with Gasteiger partial charge in [-0.2, -0.15) is 5.26 Å². The number of rotatable bonds is 4. The topological polar surface area (TPSA) is 84.0 Å². The zero-order valence-electron chi connectivity index (χ0n) is 13.2. The summed E-state index contributed by atoms with van der Waals surface area (Å²) in [6, 6.07) is 1.66. The summed E-state index contributed by atoms with van der Waals surface area (Å²) < 4.78 is 9.92. The van der Waals surface area contributed by atoms with Crippen molar-refractivity contribution in [2.75, 3.05) is 14.2 Å². The van der Waals surface area contributed by atoms with Crippen molar-refractivity contribution in [3.8, 4) is 6.07 Å². The van der Waals surface area contributed by atoms with E-state index in [-0.39, 0.29) is 6.02 Å². The highest BCUT2D eigenvalue weighted by Crippen LogP contribution is 2.25. The molecule has 116 valence electrons. The van der Waals surface area contributed by atoms with Gasteiger partial charge in [0.2, 0.25) is 0 Å². The Hall–Kier alpha value is -2.68. The minimum absolute atomic E-state index is 0.191. The van der Waals surface area contributed by atoms with Gasteiger partial charge in [-0.1, -0.05) is 18.7 Å². The third-order valence-corrected chi connectivity index (χ3v) is 3.20. The quantitative estimate of drug-likeness (QED) is 0.452. The molecular weight excluding hydrogens is 282 g/mol. The van der Waals surface area contributed by atoms with Gasteiger partial charge in [0.25, 0.3) is 0 Å². The summed E-state index contributed by atoms with van der Waals surface area (Å²) >= 11 is 0. The van der Waals surface area contributed by atoms with Gasteiger partial charge in [-0.3, -0.25) is 4.79 Å². The minimum atomic E-state index is -0.649. The van der Waals surface area contributed by atoms with E-state index in [9.17, 15) is 4.79 Å². The van der Waals surface area contributed by atoms with E-state index in [0.717, 1.165) is 0 Å².